The van der Waals surface area contributed by atoms with E-state index in [4.69, 9.17) is 5.14 Å². The molecule has 1 amide bonds. The van der Waals surface area contributed by atoms with Gasteiger partial charge in [-0.25, -0.2) is 13.6 Å². The fraction of sp³-hybridized carbons (Fsp3) is 0.174. The van der Waals surface area contributed by atoms with Gasteiger partial charge in [-0.3, -0.25) is 14.9 Å². The van der Waals surface area contributed by atoms with Gasteiger partial charge < -0.3 is 5.32 Å². The number of benzene rings is 3. The van der Waals surface area contributed by atoms with Gasteiger partial charge in [0.15, 0.2) is 0 Å². The Hall–Kier alpha value is -3.56. The summed E-state index contributed by atoms with van der Waals surface area (Å²) in [5.41, 5.74) is 2.51. The van der Waals surface area contributed by atoms with Crippen molar-refractivity contribution in [3.8, 4) is 11.1 Å². The zero-order valence-electron chi connectivity index (χ0n) is 17.6. The van der Waals surface area contributed by atoms with Gasteiger partial charge >= 0.3 is 0 Å². The summed E-state index contributed by atoms with van der Waals surface area (Å²) < 4.78 is 23.7. The Morgan fingerprint density at radius 3 is 2.34 bits per heavy atom. The number of nitrogens with two attached hydrogens (primary N) is 1. The van der Waals surface area contributed by atoms with Crippen LogP contribution in [0.4, 0.5) is 11.4 Å². The summed E-state index contributed by atoms with van der Waals surface area (Å²) in [4.78, 5) is 23.6. The lowest BCUT2D eigenvalue weighted by atomic mass is 9.92. The summed E-state index contributed by atoms with van der Waals surface area (Å²) in [5, 5.41) is 19.2. The number of rotatable bonds is 7. The van der Waals surface area contributed by atoms with E-state index in [1.54, 1.807) is 42.5 Å². The lowest BCUT2D eigenvalue weighted by Crippen LogP contribution is -2.15. The Kier molecular flexibility index (Phi) is 6.71. The Labute approximate surface area is 186 Å². The molecule has 9 heteroatoms. The lowest BCUT2D eigenvalue weighted by molar-refractivity contribution is -0.384. The molecule has 0 aliphatic heterocycles. The molecule has 0 fully saturated rings. The molecule has 3 aromatic carbocycles. The highest BCUT2D eigenvalue weighted by molar-refractivity contribution is 7.89. The number of nitrogens with zero attached hydrogens (tertiary/aromatic N) is 1. The van der Waals surface area contributed by atoms with Crippen molar-refractivity contribution in [1.82, 2.24) is 0 Å². The van der Waals surface area contributed by atoms with Crippen molar-refractivity contribution in [3.05, 3.63) is 88.0 Å². The topological polar surface area (TPSA) is 132 Å². The predicted octanol–water partition coefficient (Wildman–Crippen LogP) is 4.68. The zero-order valence-corrected chi connectivity index (χ0v) is 18.4. The Bertz CT molecular complexity index is 1270. The average molecular weight is 454 g/mol. The van der Waals surface area contributed by atoms with Crippen LogP contribution in [-0.4, -0.2) is 19.2 Å². The van der Waals surface area contributed by atoms with Gasteiger partial charge in [0.1, 0.15) is 0 Å². The van der Waals surface area contributed by atoms with Crippen LogP contribution in [0.1, 0.15) is 42.1 Å². The molecule has 0 spiro atoms. The highest BCUT2D eigenvalue weighted by atomic mass is 32.2. The first-order chi connectivity index (χ1) is 15.1. The molecule has 0 bridgehead atoms. The molecule has 166 valence electrons. The number of anilines is 1. The molecular formula is C23H23N3O5S. The monoisotopic (exact) mass is 453 g/mol. The first kappa shape index (κ1) is 23.1. The summed E-state index contributed by atoms with van der Waals surface area (Å²) in [6.07, 6.45) is 0.722. The van der Waals surface area contributed by atoms with Gasteiger partial charge in [0, 0.05) is 28.9 Å². The number of carbonyl (C=O) groups is 1. The molecule has 1 unspecified atom stereocenters. The van der Waals surface area contributed by atoms with Crippen molar-refractivity contribution in [1.29, 1.82) is 0 Å². The van der Waals surface area contributed by atoms with Gasteiger partial charge in [-0.15, -0.1) is 0 Å². The van der Waals surface area contributed by atoms with Gasteiger partial charge in [0.25, 0.3) is 11.6 Å². The molecule has 0 heterocycles. The van der Waals surface area contributed by atoms with Crippen molar-refractivity contribution < 1.29 is 18.1 Å². The minimum Gasteiger partial charge on any atom is -0.322 e. The van der Waals surface area contributed by atoms with Gasteiger partial charge in [-0.1, -0.05) is 44.2 Å². The third kappa shape index (κ3) is 5.01. The van der Waals surface area contributed by atoms with E-state index in [9.17, 15) is 23.3 Å². The van der Waals surface area contributed by atoms with Crippen LogP contribution in [0.5, 0.6) is 0 Å². The highest BCUT2D eigenvalue weighted by Gasteiger charge is 2.20. The maximum atomic E-state index is 12.9. The minimum absolute atomic E-state index is 0.0147. The summed E-state index contributed by atoms with van der Waals surface area (Å²) in [6, 6.07) is 17.3. The van der Waals surface area contributed by atoms with Gasteiger partial charge in [-0.05, 0) is 47.7 Å². The summed E-state index contributed by atoms with van der Waals surface area (Å²) in [6.45, 7) is 3.86. The van der Waals surface area contributed by atoms with Crippen molar-refractivity contribution in [2.75, 3.05) is 5.32 Å². The minimum atomic E-state index is -3.89. The third-order valence-electron chi connectivity index (χ3n) is 5.28. The van der Waals surface area contributed by atoms with Crippen LogP contribution in [0.3, 0.4) is 0 Å². The molecule has 3 rings (SSSR count). The van der Waals surface area contributed by atoms with Gasteiger partial charge in [-0.2, -0.15) is 0 Å². The number of nitro benzene ring substituents is 1. The molecule has 3 N–H and O–H groups in total. The number of non-ortho nitro benzene ring substituents is 1. The number of carbonyl (C=O) groups excluding carboxylic acids is 1. The molecule has 0 aromatic heterocycles. The molecule has 3 aromatic rings. The van der Waals surface area contributed by atoms with E-state index >= 15 is 0 Å². The number of nitro groups is 1. The van der Waals surface area contributed by atoms with E-state index in [1.807, 2.05) is 13.8 Å². The SMILES string of the molecule is CCC(C)c1cc([N+](=O)[O-])ccc1C(=O)Nc1ccc(-c2ccccc2S(N)(=O)=O)cc1. The van der Waals surface area contributed by atoms with Crippen LogP contribution in [0.2, 0.25) is 0 Å². The quantitative estimate of drug-likeness (QED) is 0.396. The number of hydrogen-bond donors (Lipinski definition) is 2. The largest absolute Gasteiger partial charge is 0.322 e. The zero-order chi connectivity index (χ0) is 23.5. The standard InChI is InChI=1S/C23H23N3O5S/c1-3-15(2)21-14-18(26(28)29)12-13-20(21)23(27)25-17-10-8-16(9-11-17)19-6-4-5-7-22(19)32(24,30)31/h4-15H,3H2,1-2H3,(H,25,27)(H2,24,30,31). The van der Waals surface area contributed by atoms with Crippen LogP contribution in [0, 0.1) is 10.1 Å². The van der Waals surface area contributed by atoms with Gasteiger partial charge in [0.05, 0.1) is 9.82 Å². The fourth-order valence-corrected chi connectivity index (χ4v) is 4.14. The second-order valence-corrected chi connectivity index (χ2v) is 8.94. The van der Waals surface area contributed by atoms with E-state index in [1.165, 1.54) is 24.3 Å². The normalized spacial score (nSPS) is 12.2. The molecule has 0 aliphatic carbocycles. The Morgan fingerprint density at radius 1 is 1.09 bits per heavy atom. The molecule has 0 saturated heterocycles. The molecule has 0 aliphatic rings. The third-order valence-corrected chi connectivity index (χ3v) is 6.25. The Balaban J connectivity index is 1.89. The maximum Gasteiger partial charge on any atom is 0.269 e. The summed E-state index contributed by atoms with van der Waals surface area (Å²) in [7, 11) is -3.89. The van der Waals surface area contributed by atoms with Crippen molar-refractivity contribution in [3.63, 3.8) is 0 Å². The number of sulfonamides is 1. The molecule has 32 heavy (non-hydrogen) atoms. The van der Waals surface area contributed by atoms with E-state index in [-0.39, 0.29) is 22.4 Å². The summed E-state index contributed by atoms with van der Waals surface area (Å²) in [5.74, 6) is -0.416. The van der Waals surface area contributed by atoms with E-state index in [0.29, 0.717) is 27.9 Å². The van der Waals surface area contributed by atoms with Crippen LogP contribution in [-0.2, 0) is 10.0 Å². The molecule has 0 saturated carbocycles. The molecule has 8 nitrogen and oxygen atoms in total. The first-order valence-electron chi connectivity index (χ1n) is 9.93. The lowest BCUT2D eigenvalue weighted by Gasteiger charge is -2.15. The van der Waals surface area contributed by atoms with Gasteiger partial charge in [0.2, 0.25) is 10.0 Å². The molecular weight excluding hydrogens is 430 g/mol. The van der Waals surface area contributed by atoms with Crippen LogP contribution >= 0.6 is 0 Å². The number of hydrogen-bond acceptors (Lipinski definition) is 5. The number of primary sulfonamides is 1. The summed E-state index contributed by atoms with van der Waals surface area (Å²) >= 11 is 0. The van der Waals surface area contributed by atoms with Crippen LogP contribution in [0.25, 0.3) is 11.1 Å². The number of amides is 1. The van der Waals surface area contributed by atoms with E-state index in [2.05, 4.69) is 5.32 Å². The van der Waals surface area contributed by atoms with E-state index < -0.39 is 14.9 Å². The average Bonchev–Trinajstić information content (AvgIpc) is 2.78. The Morgan fingerprint density at radius 2 is 1.75 bits per heavy atom. The highest BCUT2D eigenvalue weighted by Crippen LogP contribution is 2.29. The molecule has 0 radical (unpaired) electrons. The molecule has 1 atom stereocenters. The van der Waals surface area contributed by atoms with Crippen LogP contribution in [0.15, 0.2) is 71.6 Å². The fourth-order valence-electron chi connectivity index (χ4n) is 3.38. The number of nitrogens with one attached hydrogen (secondary N) is 1. The van der Waals surface area contributed by atoms with E-state index in [0.717, 1.165) is 6.42 Å². The first-order valence-corrected chi connectivity index (χ1v) is 11.5. The predicted molar refractivity (Wildman–Crippen MR) is 123 cm³/mol. The second kappa shape index (κ2) is 9.29. The maximum absolute atomic E-state index is 12.9. The smallest absolute Gasteiger partial charge is 0.269 e. The van der Waals surface area contributed by atoms with Crippen molar-refractivity contribution in [2.24, 2.45) is 5.14 Å². The van der Waals surface area contributed by atoms with Crippen molar-refractivity contribution in [2.45, 2.75) is 31.1 Å². The van der Waals surface area contributed by atoms with Crippen molar-refractivity contribution >= 4 is 27.3 Å². The van der Waals surface area contributed by atoms with Crippen LogP contribution < -0.4 is 10.5 Å². The second-order valence-electron chi connectivity index (χ2n) is 7.41.